The second-order valence-corrected chi connectivity index (χ2v) is 4.72. The van der Waals surface area contributed by atoms with Gasteiger partial charge in [0, 0.05) is 19.3 Å². The lowest BCUT2D eigenvalue weighted by Crippen LogP contribution is -2.28. The molecule has 0 saturated heterocycles. The number of carbonyl (C=O) groups is 1. The van der Waals surface area contributed by atoms with Gasteiger partial charge in [0.25, 0.3) is 0 Å². The van der Waals surface area contributed by atoms with Crippen LogP contribution < -0.4 is 10.6 Å². The average Bonchev–Trinajstić information content (AvgIpc) is 2.47. The Hall–Kier alpha value is -2.40. The molecule has 2 N–H and O–H groups in total. The van der Waals surface area contributed by atoms with E-state index in [0.29, 0.717) is 19.0 Å². The normalized spacial score (nSPS) is 10.2. The summed E-state index contributed by atoms with van der Waals surface area (Å²) in [6.07, 6.45) is 0. The van der Waals surface area contributed by atoms with Crippen molar-refractivity contribution in [3.05, 3.63) is 59.3 Å². The standard InChI is InChI=1S/C16H19N3O2/c1-12-4-3-5-15(18-12)19-16(20)17-10-13-6-8-14(9-7-13)11-21-2/h3-9H,10-11H2,1-2H3,(H2,17,18,19,20). The van der Waals surface area contributed by atoms with Crippen molar-refractivity contribution in [1.82, 2.24) is 10.3 Å². The molecule has 2 amide bonds. The van der Waals surface area contributed by atoms with Gasteiger partial charge in [-0.3, -0.25) is 5.32 Å². The summed E-state index contributed by atoms with van der Waals surface area (Å²) < 4.78 is 5.06. The van der Waals surface area contributed by atoms with Crippen molar-refractivity contribution in [3.63, 3.8) is 0 Å². The molecule has 1 aromatic heterocycles. The van der Waals surface area contributed by atoms with Crippen LogP contribution in [0.5, 0.6) is 0 Å². The van der Waals surface area contributed by atoms with Gasteiger partial charge in [-0.2, -0.15) is 0 Å². The SMILES string of the molecule is COCc1ccc(CNC(=O)Nc2cccc(C)n2)cc1. The van der Waals surface area contributed by atoms with E-state index in [2.05, 4.69) is 15.6 Å². The lowest BCUT2D eigenvalue weighted by atomic mass is 10.1. The number of aromatic nitrogens is 1. The molecular formula is C16H19N3O2. The van der Waals surface area contributed by atoms with Crippen molar-refractivity contribution in [2.24, 2.45) is 0 Å². The van der Waals surface area contributed by atoms with Crippen molar-refractivity contribution in [2.45, 2.75) is 20.1 Å². The van der Waals surface area contributed by atoms with Gasteiger partial charge in [0.15, 0.2) is 0 Å². The van der Waals surface area contributed by atoms with E-state index in [1.807, 2.05) is 43.3 Å². The molecule has 0 aliphatic heterocycles. The highest BCUT2D eigenvalue weighted by Gasteiger charge is 2.03. The van der Waals surface area contributed by atoms with Crippen LogP contribution in [0.3, 0.4) is 0 Å². The fraction of sp³-hybridized carbons (Fsp3) is 0.250. The molecule has 0 radical (unpaired) electrons. The van der Waals surface area contributed by atoms with Crippen LogP contribution in [0.1, 0.15) is 16.8 Å². The summed E-state index contributed by atoms with van der Waals surface area (Å²) in [4.78, 5) is 16.0. The third kappa shape index (κ3) is 4.89. The Balaban J connectivity index is 1.83. The molecule has 0 atom stereocenters. The number of rotatable bonds is 5. The van der Waals surface area contributed by atoms with Gasteiger partial charge in [0.2, 0.25) is 0 Å². The highest BCUT2D eigenvalue weighted by atomic mass is 16.5. The number of hydrogen-bond acceptors (Lipinski definition) is 3. The fourth-order valence-electron chi connectivity index (χ4n) is 1.88. The summed E-state index contributed by atoms with van der Waals surface area (Å²) >= 11 is 0. The molecule has 5 nitrogen and oxygen atoms in total. The van der Waals surface area contributed by atoms with Crippen molar-refractivity contribution in [1.29, 1.82) is 0 Å². The molecule has 0 aliphatic rings. The first kappa shape index (κ1) is 15.0. The Labute approximate surface area is 124 Å². The zero-order valence-electron chi connectivity index (χ0n) is 12.2. The van der Waals surface area contributed by atoms with Crippen LogP contribution in [0.2, 0.25) is 0 Å². The zero-order valence-corrected chi connectivity index (χ0v) is 12.2. The maximum absolute atomic E-state index is 11.8. The first-order chi connectivity index (χ1) is 10.2. The van der Waals surface area contributed by atoms with E-state index in [0.717, 1.165) is 16.8 Å². The molecule has 0 bridgehead atoms. The van der Waals surface area contributed by atoms with Crippen LogP contribution in [0.25, 0.3) is 0 Å². The fourth-order valence-corrected chi connectivity index (χ4v) is 1.88. The lowest BCUT2D eigenvalue weighted by molar-refractivity contribution is 0.185. The van der Waals surface area contributed by atoms with E-state index in [4.69, 9.17) is 4.74 Å². The molecule has 0 unspecified atom stereocenters. The van der Waals surface area contributed by atoms with Gasteiger partial charge in [-0.05, 0) is 30.2 Å². The number of hydrogen-bond donors (Lipinski definition) is 2. The van der Waals surface area contributed by atoms with Crippen LogP contribution in [0.15, 0.2) is 42.5 Å². The molecule has 21 heavy (non-hydrogen) atoms. The molecular weight excluding hydrogens is 266 g/mol. The third-order valence-corrected chi connectivity index (χ3v) is 2.92. The molecule has 0 saturated carbocycles. The summed E-state index contributed by atoms with van der Waals surface area (Å²) in [6.45, 7) is 2.93. The summed E-state index contributed by atoms with van der Waals surface area (Å²) in [7, 11) is 1.67. The molecule has 1 heterocycles. The quantitative estimate of drug-likeness (QED) is 0.888. The maximum Gasteiger partial charge on any atom is 0.320 e. The summed E-state index contributed by atoms with van der Waals surface area (Å²) in [5.74, 6) is 0.544. The average molecular weight is 285 g/mol. The second-order valence-electron chi connectivity index (χ2n) is 4.72. The number of aryl methyl sites for hydroxylation is 1. The Kier molecular flexibility index (Phi) is 5.29. The van der Waals surface area contributed by atoms with Crippen LogP contribution >= 0.6 is 0 Å². The van der Waals surface area contributed by atoms with E-state index < -0.39 is 0 Å². The van der Waals surface area contributed by atoms with Gasteiger partial charge in [-0.25, -0.2) is 9.78 Å². The number of ether oxygens (including phenoxy) is 1. The number of methoxy groups -OCH3 is 1. The van der Waals surface area contributed by atoms with E-state index in [-0.39, 0.29) is 6.03 Å². The van der Waals surface area contributed by atoms with Crippen molar-refractivity contribution < 1.29 is 9.53 Å². The minimum Gasteiger partial charge on any atom is -0.380 e. The Morgan fingerprint density at radius 2 is 1.86 bits per heavy atom. The van der Waals surface area contributed by atoms with E-state index in [1.165, 1.54) is 0 Å². The number of pyridine rings is 1. The number of nitrogens with zero attached hydrogens (tertiary/aromatic N) is 1. The molecule has 0 aliphatic carbocycles. The first-order valence-corrected chi connectivity index (χ1v) is 6.72. The van der Waals surface area contributed by atoms with Gasteiger partial charge in [-0.15, -0.1) is 0 Å². The largest absolute Gasteiger partial charge is 0.380 e. The smallest absolute Gasteiger partial charge is 0.320 e. The Morgan fingerprint density at radius 1 is 1.14 bits per heavy atom. The zero-order chi connectivity index (χ0) is 15.1. The predicted octanol–water partition coefficient (Wildman–Crippen LogP) is 2.86. The molecule has 1 aromatic carbocycles. The molecule has 2 rings (SSSR count). The summed E-state index contributed by atoms with van der Waals surface area (Å²) in [6, 6.07) is 13.1. The third-order valence-electron chi connectivity index (χ3n) is 2.92. The van der Waals surface area contributed by atoms with E-state index >= 15 is 0 Å². The topological polar surface area (TPSA) is 63.2 Å². The van der Waals surface area contributed by atoms with Gasteiger partial charge in [0.1, 0.15) is 5.82 Å². The van der Waals surface area contributed by atoms with Crippen LogP contribution in [-0.4, -0.2) is 18.1 Å². The minimum absolute atomic E-state index is 0.269. The van der Waals surface area contributed by atoms with Crippen molar-refractivity contribution in [3.8, 4) is 0 Å². The van der Waals surface area contributed by atoms with Crippen LogP contribution in [0, 0.1) is 6.92 Å². The molecule has 0 fully saturated rings. The highest BCUT2D eigenvalue weighted by molar-refractivity contribution is 5.88. The number of nitrogens with one attached hydrogen (secondary N) is 2. The Bertz CT molecular complexity index is 597. The van der Waals surface area contributed by atoms with Gasteiger partial charge in [0.05, 0.1) is 6.61 Å². The van der Waals surface area contributed by atoms with E-state index in [1.54, 1.807) is 13.2 Å². The number of anilines is 1. The first-order valence-electron chi connectivity index (χ1n) is 6.72. The Morgan fingerprint density at radius 3 is 2.52 bits per heavy atom. The van der Waals surface area contributed by atoms with E-state index in [9.17, 15) is 4.79 Å². The summed E-state index contributed by atoms with van der Waals surface area (Å²) in [5.41, 5.74) is 3.00. The van der Waals surface area contributed by atoms with Gasteiger partial charge >= 0.3 is 6.03 Å². The minimum atomic E-state index is -0.269. The maximum atomic E-state index is 11.8. The van der Waals surface area contributed by atoms with Crippen molar-refractivity contribution >= 4 is 11.8 Å². The molecule has 5 heteroatoms. The number of carbonyl (C=O) groups excluding carboxylic acids is 1. The highest BCUT2D eigenvalue weighted by Crippen LogP contribution is 2.06. The number of amides is 2. The van der Waals surface area contributed by atoms with Crippen molar-refractivity contribution in [2.75, 3.05) is 12.4 Å². The molecule has 0 spiro atoms. The monoisotopic (exact) mass is 285 g/mol. The lowest BCUT2D eigenvalue weighted by Gasteiger charge is -2.08. The second kappa shape index (κ2) is 7.40. The van der Waals surface area contributed by atoms with Gasteiger partial charge < -0.3 is 10.1 Å². The van der Waals surface area contributed by atoms with Crippen LogP contribution in [0.4, 0.5) is 10.6 Å². The molecule has 2 aromatic rings. The van der Waals surface area contributed by atoms with Gasteiger partial charge in [-0.1, -0.05) is 30.3 Å². The number of benzene rings is 1. The number of urea groups is 1. The summed E-state index contributed by atoms with van der Waals surface area (Å²) in [5, 5.41) is 5.50. The molecule has 110 valence electrons. The predicted molar refractivity (Wildman–Crippen MR) is 82.0 cm³/mol. The van der Waals surface area contributed by atoms with Crippen LogP contribution in [-0.2, 0) is 17.9 Å².